The van der Waals surface area contributed by atoms with Crippen molar-refractivity contribution < 1.29 is 9.47 Å². The van der Waals surface area contributed by atoms with Gasteiger partial charge in [0.25, 0.3) is 5.17 Å². The van der Waals surface area contributed by atoms with Crippen molar-refractivity contribution in [1.29, 1.82) is 0 Å². The molecule has 0 aliphatic rings. The Labute approximate surface area is 143 Å². The molecule has 0 N–H and O–H groups in total. The first kappa shape index (κ1) is 17.3. The van der Waals surface area contributed by atoms with E-state index in [1.807, 2.05) is 36.2 Å². The van der Waals surface area contributed by atoms with Crippen LogP contribution in [-0.4, -0.2) is 19.3 Å². The van der Waals surface area contributed by atoms with Gasteiger partial charge in [0.1, 0.15) is 11.5 Å². The molecule has 0 spiro atoms. The fourth-order valence-corrected chi connectivity index (χ4v) is 2.33. The maximum atomic E-state index is 5.75. The highest BCUT2D eigenvalue weighted by molar-refractivity contribution is 7.80. The van der Waals surface area contributed by atoms with Crippen LogP contribution in [0.25, 0.3) is 0 Å². The molecule has 0 heterocycles. The molecule has 0 bridgehead atoms. The largest absolute Gasteiger partial charge is 0.497 e. The molecule has 3 nitrogen and oxygen atoms in total. The Balaban J connectivity index is 2.10. The van der Waals surface area contributed by atoms with Gasteiger partial charge in [0.05, 0.1) is 7.11 Å². The summed E-state index contributed by atoms with van der Waals surface area (Å²) in [5.41, 5.74) is 2.41. The first-order chi connectivity index (χ1) is 10.8. The molecule has 0 fully saturated rings. The zero-order chi connectivity index (χ0) is 17.0. The zero-order valence-corrected chi connectivity index (χ0v) is 15.1. The lowest BCUT2D eigenvalue weighted by Gasteiger charge is -2.23. The van der Waals surface area contributed by atoms with Crippen molar-refractivity contribution in [3.05, 3.63) is 54.1 Å². The summed E-state index contributed by atoms with van der Waals surface area (Å²) >= 11 is 5.39. The molecule has 0 atom stereocenters. The fraction of sp³-hybridized carbons (Fsp3) is 0.316. The summed E-state index contributed by atoms with van der Waals surface area (Å²) in [7, 11) is 3.52. The highest BCUT2D eigenvalue weighted by Crippen LogP contribution is 2.25. The number of hydrogen-bond acceptors (Lipinski definition) is 3. The Morgan fingerprint density at radius 1 is 1.00 bits per heavy atom. The predicted molar refractivity (Wildman–Crippen MR) is 99.8 cm³/mol. The standard InChI is InChI=1S/C19H23NO2S/c1-19(2,3)14-9-11-15(12-10-14)20(4)18(23)22-17-8-6-7-16(13-17)21-5/h6-13H,1-5H3. The van der Waals surface area contributed by atoms with Crippen molar-refractivity contribution in [2.75, 3.05) is 19.1 Å². The van der Waals surface area contributed by atoms with E-state index in [1.165, 1.54) is 5.56 Å². The van der Waals surface area contributed by atoms with E-state index >= 15 is 0 Å². The second-order valence-electron chi connectivity index (χ2n) is 6.40. The number of anilines is 1. The lowest BCUT2D eigenvalue weighted by atomic mass is 9.87. The molecule has 2 aromatic rings. The third-order valence-corrected chi connectivity index (χ3v) is 4.00. The van der Waals surface area contributed by atoms with Crippen LogP contribution in [0.5, 0.6) is 11.5 Å². The summed E-state index contributed by atoms with van der Waals surface area (Å²) in [4.78, 5) is 1.85. The van der Waals surface area contributed by atoms with Crippen molar-refractivity contribution in [2.24, 2.45) is 0 Å². The topological polar surface area (TPSA) is 21.7 Å². The van der Waals surface area contributed by atoms with Crippen molar-refractivity contribution >= 4 is 23.1 Å². The fourth-order valence-electron chi connectivity index (χ4n) is 2.12. The molecule has 0 radical (unpaired) electrons. The van der Waals surface area contributed by atoms with Gasteiger partial charge in [-0.15, -0.1) is 0 Å². The van der Waals surface area contributed by atoms with Gasteiger partial charge in [-0.1, -0.05) is 39.0 Å². The number of hydrogen-bond donors (Lipinski definition) is 0. The summed E-state index contributed by atoms with van der Waals surface area (Å²) in [6.07, 6.45) is 0. The molecule has 0 aliphatic carbocycles. The van der Waals surface area contributed by atoms with Crippen LogP contribution >= 0.6 is 12.2 Å². The Bertz CT molecular complexity index is 675. The SMILES string of the molecule is COc1cccc(OC(=S)N(C)c2ccc(C(C)(C)C)cc2)c1. The lowest BCUT2D eigenvalue weighted by molar-refractivity contribution is 0.412. The molecule has 122 valence electrons. The maximum absolute atomic E-state index is 5.75. The maximum Gasteiger partial charge on any atom is 0.269 e. The Kier molecular flexibility index (Phi) is 5.26. The zero-order valence-electron chi connectivity index (χ0n) is 14.3. The van der Waals surface area contributed by atoms with Crippen LogP contribution in [-0.2, 0) is 5.41 Å². The minimum atomic E-state index is 0.134. The summed E-state index contributed by atoms with van der Waals surface area (Å²) in [6.45, 7) is 6.59. The van der Waals surface area contributed by atoms with E-state index in [4.69, 9.17) is 21.7 Å². The van der Waals surface area contributed by atoms with Crippen LogP contribution in [0.3, 0.4) is 0 Å². The molecule has 0 unspecified atom stereocenters. The van der Waals surface area contributed by atoms with Gasteiger partial charge >= 0.3 is 0 Å². The van der Waals surface area contributed by atoms with E-state index in [-0.39, 0.29) is 5.41 Å². The Morgan fingerprint density at radius 3 is 2.17 bits per heavy atom. The summed E-state index contributed by atoms with van der Waals surface area (Å²) < 4.78 is 10.9. The highest BCUT2D eigenvalue weighted by atomic mass is 32.1. The number of methoxy groups -OCH3 is 1. The van der Waals surface area contributed by atoms with Crippen molar-refractivity contribution in [3.63, 3.8) is 0 Å². The monoisotopic (exact) mass is 329 g/mol. The molecule has 23 heavy (non-hydrogen) atoms. The first-order valence-electron chi connectivity index (χ1n) is 7.51. The molecule has 0 amide bonds. The van der Waals surface area contributed by atoms with E-state index in [0.717, 1.165) is 11.4 Å². The third-order valence-electron chi connectivity index (χ3n) is 3.64. The molecular weight excluding hydrogens is 306 g/mol. The second-order valence-corrected chi connectivity index (χ2v) is 6.75. The summed E-state index contributed by atoms with van der Waals surface area (Å²) in [5, 5.41) is 0.391. The summed E-state index contributed by atoms with van der Waals surface area (Å²) in [6, 6.07) is 15.8. The van der Waals surface area contributed by atoms with Crippen LogP contribution in [0, 0.1) is 0 Å². The highest BCUT2D eigenvalue weighted by Gasteiger charge is 2.15. The average Bonchev–Trinajstić information content (AvgIpc) is 2.53. The Hall–Kier alpha value is -2.07. The minimum Gasteiger partial charge on any atom is -0.497 e. The van der Waals surface area contributed by atoms with Crippen molar-refractivity contribution in [2.45, 2.75) is 26.2 Å². The van der Waals surface area contributed by atoms with Gasteiger partial charge in [-0.25, -0.2) is 0 Å². The summed E-state index contributed by atoms with van der Waals surface area (Å²) in [5.74, 6) is 1.40. The molecule has 2 rings (SSSR count). The van der Waals surface area contributed by atoms with Gasteiger partial charge < -0.3 is 14.4 Å². The lowest BCUT2D eigenvalue weighted by Crippen LogP contribution is -2.29. The Morgan fingerprint density at radius 2 is 1.61 bits per heavy atom. The van der Waals surface area contributed by atoms with Gasteiger partial charge in [-0.05, 0) is 47.5 Å². The van der Waals surface area contributed by atoms with Crippen molar-refractivity contribution in [1.82, 2.24) is 0 Å². The normalized spacial score (nSPS) is 11.0. The number of nitrogens with zero attached hydrogens (tertiary/aromatic N) is 1. The van der Waals surface area contributed by atoms with Crippen LogP contribution < -0.4 is 14.4 Å². The molecule has 0 saturated carbocycles. The number of rotatable bonds is 3. The van der Waals surface area contributed by atoms with E-state index in [2.05, 4.69) is 45.0 Å². The molecule has 0 aliphatic heterocycles. The van der Waals surface area contributed by atoms with Crippen molar-refractivity contribution in [3.8, 4) is 11.5 Å². The first-order valence-corrected chi connectivity index (χ1v) is 7.92. The second kappa shape index (κ2) is 7.01. The van der Waals surface area contributed by atoms with Gasteiger partial charge in [0.15, 0.2) is 0 Å². The molecule has 0 saturated heterocycles. The van der Waals surface area contributed by atoms with Crippen LogP contribution in [0.15, 0.2) is 48.5 Å². The average molecular weight is 329 g/mol. The minimum absolute atomic E-state index is 0.134. The van der Waals surface area contributed by atoms with Gasteiger partial charge in [0, 0.05) is 18.8 Å². The molecule has 4 heteroatoms. The third kappa shape index (κ3) is 4.45. The van der Waals surface area contributed by atoms with Crippen LogP contribution in [0.2, 0.25) is 0 Å². The van der Waals surface area contributed by atoms with E-state index in [1.54, 1.807) is 7.11 Å². The van der Waals surface area contributed by atoms with Gasteiger partial charge in [-0.2, -0.15) is 0 Å². The smallest absolute Gasteiger partial charge is 0.269 e. The number of benzene rings is 2. The molecule has 0 aromatic heterocycles. The van der Waals surface area contributed by atoms with Crippen LogP contribution in [0.1, 0.15) is 26.3 Å². The molecular formula is C19H23NO2S. The van der Waals surface area contributed by atoms with Gasteiger partial charge in [0.2, 0.25) is 0 Å². The molecule has 2 aromatic carbocycles. The van der Waals surface area contributed by atoms with E-state index in [9.17, 15) is 0 Å². The quantitative estimate of drug-likeness (QED) is 0.755. The van der Waals surface area contributed by atoms with Crippen LogP contribution in [0.4, 0.5) is 5.69 Å². The van der Waals surface area contributed by atoms with Gasteiger partial charge in [-0.3, -0.25) is 0 Å². The number of thiocarbonyl (C=S) groups is 1. The number of ether oxygens (including phenoxy) is 2. The van der Waals surface area contributed by atoms with E-state index in [0.29, 0.717) is 10.9 Å². The van der Waals surface area contributed by atoms with E-state index < -0.39 is 0 Å². The predicted octanol–water partition coefficient (Wildman–Crippen LogP) is 4.79.